The van der Waals surface area contributed by atoms with E-state index in [9.17, 15) is 18.4 Å². The fourth-order valence-electron chi connectivity index (χ4n) is 5.09. The molecule has 6 aromatic rings. The molecule has 0 saturated heterocycles. The number of hydrogen-bond donors (Lipinski definition) is 2. The lowest BCUT2D eigenvalue weighted by atomic mass is 9.91. The Kier molecular flexibility index (Phi) is 6.96. The monoisotopic (exact) mass is 562 g/mol. The Hall–Kier alpha value is -5.37. The summed E-state index contributed by atoms with van der Waals surface area (Å²) in [6.45, 7) is 2.12. The second kappa shape index (κ2) is 10.9. The van der Waals surface area contributed by atoms with Crippen LogP contribution in [0.1, 0.15) is 50.4 Å². The maximum Gasteiger partial charge on any atom is 0.335 e. The van der Waals surface area contributed by atoms with Gasteiger partial charge in [-0.25, -0.2) is 13.6 Å². The van der Waals surface area contributed by atoms with Gasteiger partial charge in [0.15, 0.2) is 17.2 Å². The zero-order valence-electron chi connectivity index (χ0n) is 22.4. The number of carboxylic acids is 1. The second-order valence-corrected chi connectivity index (χ2v) is 10.1. The molecular formula is C34H24F2N2O4. The first-order valence-electron chi connectivity index (χ1n) is 13.3. The molecule has 208 valence electrons. The third kappa shape index (κ3) is 5.10. The maximum atomic E-state index is 14.1. The van der Waals surface area contributed by atoms with Gasteiger partial charge in [0.25, 0.3) is 5.91 Å². The molecule has 5 aromatic carbocycles. The first-order chi connectivity index (χ1) is 20.3. The number of hydrogen-bond acceptors (Lipinski definition) is 4. The van der Waals surface area contributed by atoms with Crippen molar-refractivity contribution >= 4 is 33.6 Å². The standard InChI is InChI=1S/C34H24F2N2O4/c1-19(23-11-10-21-4-2-3-5-24(21)14-23)32-31-27(33(39)37-18-20-6-8-22(9-7-20)34(40)41)15-26(17-30(31)42-38-32)25-12-13-28(35)29(36)16-25/h2-17,19H,18H2,1H3,(H,37,39)(H,40,41)/t19-/m1/s1. The van der Waals surface area contributed by atoms with Gasteiger partial charge in [0.2, 0.25) is 0 Å². The van der Waals surface area contributed by atoms with Crippen LogP contribution in [-0.2, 0) is 6.54 Å². The van der Waals surface area contributed by atoms with Crippen LogP contribution in [0.2, 0.25) is 0 Å². The van der Waals surface area contributed by atoms with Crippen LogP contribution in [-0.4, -0.2) is 22.1 Å². The highest BCUT2D eigenvalue weighted by atomic mass is 19.2. The molecule has 0 aliphatic heterocycles. The summed E-state index contributed by atoms with van der Waals surface area (Å²) in [6, 6.07) is 27.1. The Labute approximate surface area is 239 Å². The minimum atomic E-state index is -1.04. The van der Waals surface area contributed by atoms with Crippen LogP contribution in [0.25, 0.3) is 32.9 Å². The molecule has 6 rings (SSSR count). The number of halogens is 2. The summed E-state index contributed by atoms with van der Waals surface area (Å²) in [4.78, 5) is 24.9. The van der Waals surface area contributed by atoms with Crippen LogP contribution in [0.4, 0.5) is 8.78 Å². The summed E-state index contributed by atoms with van der Waals surface area (Å²) >= 11 is 0. The van der Waals surface area contributed by atoms with Crippen LogP contribution < -0.4 is 5.32 Å². The summed E-state index contributed by atoms with van der Waals surface area (Å²) in [6.07, 6.45) is 0. The molecule has 2 N–H and O–H groups in total. The largest absolute Gasteiger partial charge is 0.478 e. The molecule has 0 radical (unpaired) electrons. The minimum Gasteiger partial charge on any atom is -0.478 e. The van der Waals surface area contributed by atoms with Gasteiger partial charge >= 0.3 is 5.97 Å². The van der Waals surface area contributed by atoms with Gasteiger partial charge in [0.1, 0.15) is 0 Å². The Balaban J connectivity index is 1.42. The first-order valence-corrected chi connectivity index (χ1v) is 13.3. The number of nitrogens with one attached hydrogen (secondary N) is 1. The van der Waals surface area contributed by atoms with E-state index in [-0.39, 0.29) is 23.6 Å². The van der Waals surface area contributed by atoms with E-state index in [0.29, 0.717) is 33.4 Å². The van der Waals surface area contributed by atoms with E-state index in [1.165, 1.54) is 18.2 Å². The molecule has 6 nitrogen and oxygen atoms in total. The molecule has 1 atom stereocenters. The summed E-state index contributed by atoms with van der Waals surface area (Å²) in [5.74, 6) is -3.69. The van der Waals surface area contributed by atoms with Gasteiger partial charge in [0.05, 0.1) is 22.2 Å². The zero-order valence-corrected chi connectivity index (χ0v) is 22.4. The lowest BCUT2D eigenvalue weighted by molar-refractivity contribution is 0.0696. The van der Waals surface area contributed by atoms with Crippen LogP contribution in [0.5, 0.6) is 0 Å². The molecule has 0 spiro atoms. The van der Waals surface area contributed by atoms with Crippen molar-refractivity contribution < 1.29 is 28.0 Å². The Morgan fingerprint density at radius 1 is 0.857 bits per heavy atom. The number of amides is 1. The number of carboxylic acid groups (broad SMARTS) is 1. The highest BCUT2D eigenvalue weighted by Crippen LogP contribution is 2.36. The lowest BCUT2D eigenvalue weighted by Crippen LogP contribution is -2.23. The second-order valence-electron chi connectivity index (χ2n) is 10.1. The third-order valence-corrected chi connectivity index (χ3v) is 7.44. The summed E-state index contributed by atoms with van der Waals surface area (Å²) in [7, 11) is 0. The minimum absolute atomic E-state index is 0.135. The summed E-state index contributed by atoms with van der Waals surface area (Å²) in [5.41, 5.74) is 3.81. The Bertz CT molecular complexity index is 1980. The number of carbonyl (C=O) groups excluding carboxylic acids is 1. The average Bonchev–Trinajstić information content (AvgIpc) is 3.44. The highest BCUT2D eigenvalue weighted by molar-refractivity contribution is 6.08. The highest BCUT2D eigenvalue weighted by Gasteiger charge is 2.24. The van der Waals surface area contributed by atoms with E-state index in [1.54, 1.807) is 24.3 Å². The molecule has 0 unspecified atom stereocenters. The molecule has 0 fully saturated rings. The molecule has 1 aromatic heterocycles. The fraction of sp³-hybridized carbons (Fsp3) is 0.0882. The van der Waals surface area contributed by atoms with Gasteiger partial charge in [0, 0.05) is 12.5 Å². The van der Waals surface area contributed by atoms with E-state index in [2.05, 4.69) is 16.5 Å². The van der Waals surface area contributed by atoms with Crippen molar-refractivity contribution in [2.75, 3.05) is 0 Å². The molecule has 0 saturated carbocycles. The van der Waals surface area contributed by atoms with Crippen molar-refractivity contribution in [3.63, 3.8) is 0 Å². The van der Waals surface area contributed by atoms with Gasteiger partial charge < -0.3 is 14.9 Å². The Morgan fingerprint density at radius 3 is 2.36 bits per heavy atom. The van der Waals surface area contributed by atoms with Crippen molar-refractivity contribution in [2.24, 2.45) is 0 Å². The van der Waals surface area contributed by atoms with E-state index in [4.69, 9.17) is 9.63 Å². The quantitative estimate of drug-likeness (QED) is 0.208. The van der Waals surface area contributed by atoms with Crippen LogP contribution in [0.3, 0.4) is 0 Å². The maximum absolute atomic E-state index is 14.1. The van der Waals surface area contributed by atoms with E-state index in [1.807, 2.05) is 43.3 Å². The number of rotatable bonds is 7. The molecule has 1 amide bonds. The van der Waals surface area contributed by atoms with Gasteiger partial charge in [-0.15, -0.1) is 0 Å². The summed E-state index contributed by atoms with van der Waals surface area (Å²) < 4.78 is 33.5. The predicted octanol–water partition coefficient (Wildman–Crippen LogP) is 7.71. The molecule has 1 heterocycles. The molecule has 8 heteroatoms. The summed E-state index contributed by atoms with van der Waals surface area (Å²) in [5, 5.41) is 19.1. The van der Waals surface area contributed by atoms with Gasteiger partial charge in [-0.3, -0.25) is 4.79 Å². The average molecular weight is 563 g/mol. The van der Waals surface area contributed by atoms with E-state index >= 15 is 0 Å². The van der Waals surface area contributed by atoms with Crippen molar-refractivity contribution in [3.8, 4) is 11.1 Å². The van der Waals surface area contributed by atoms with Crippen molar-refractivity contribution in [1.82, 2.24) is 10.5 Å². The van der Waals surface area contributed by atoms with Crippen LogP contribution >= 0.6 is 0 Å². The molecule has 0 bridgehead atoms. The number of aromatic nitrogens is 1. The number of carbonyl (C=O) groups is 2. The smallest absolute Gasteiger partial charge is 0.335 e. The number of aromatic carboxylic acids is 1. The number of benzene rings is 5. The normalized spacial score (nSPS) is 12.0. The van der Waals surface area contributed by atoms with Crippen molar-refractivity contribution in [3.05, 3.63) is 137 Å². The topological polar surface area (TPSA) is 92.4 Å². The first kappa shape index (κ1) is 26.8. The third-order valence-electron chi connectivity index (χ3n) is 7.44. The molecule has 42 heavy (non-hydrogen) atoms. The number of nitrogens with zero attached hydrogens (tertiary/aromatic N) is 1. The molecule has 0 aliphatic carbocycles. The number of fused-ring (bicyclic) bond motifs is 2. The van der Waals surface area contributed by atoms with Crippen LogP contribution in [0, 0.1) is 11.6 Å². The predicted molar refractivity (Wildman–Crippen MR) is 155 cm³/mol. The fourth-order valence-corrected chi connectivity index (χ4v) is 5.09. The van der Waals surface area contributed by atoms with Gasteiger partial charge in [-0.1, -0.05) is 72.7 Å². The lowest BCUT2D eigenvalue weighted by Gasteiger charge is -2.13. The van der Waals surface area contributed by atoms with E-state index < -0.39 is 23.5 Å². The molecular weight excluding hydrogens is 538 g/mol. The SMILES string of the molecule is C[C@H](c1ccc2ccccc2c1)c1noc2cc(-c3ccc(F)c(F)c3)cc(C(=O)NCc3ccc(C(=O)O)cc3)c12. The van der Waals surface area contributed by atoms with Crippen molar-refractivity contribution in [2.45, 2.75) is 19.4 Å². The zero-order chi connectivity index (χ0) is 29.4. The molecule has 0 aliphatic rings. The van der Waals surface area contributed by atoms with Crippen molar-refractivity contribution in [1.29, 1.82) is 0 Å². The van der Waals surface area contributed by atoms with Gasteiger partial charge in [-0.2, -0.15) is 0 Å². The van der Waals surface area contributed by atoms with Gasteiger partial charge in [-0.05, 0) is 69.4 Å². The Morgan fingerprint density at radius 2 is 1.62 bits per heavy atom. The van der Waals surface area contributed by atoms with E-state index in [0.717, 1.165) is 28.5 Å². The van der Waals surface area contributed by atoms with Crippen LogP contribution in [0.15, 0.2) is 102 Å².